The van der Waals surface area contributed by atoms with Gasteiger partial charge in [-0.2, -0.15) is 11.8 Å². The number of furan rings is 1. The third-order valence-electron chi connectivity index (χ3n) is 2.30. The van der Waals surface area contributed by atoms with Crippen molar-refractivity contribution in [1.29, 1.82) is 0 Å². The number of carboxylic acid groups (broad SMARTS) is 1. The maximum absolute atomic E-state index is 10.7. The third kappa shape index (κ3) is 2.81. The summed E-state index contributed by atoms with van der Waals surface area (Å²) in [5.74, 6) is 0.394. The summed E-state index contributed by atoms with van der Waals surface area (Å²) in [5.41, 5.74) is 1.67. The zero-order valence-corrected chi connectivity index (χ0v) is 9.87. The van der Waals surface area contributed by atoms with E-state index in [1.165, 1.54) is 6.07 Å². The van der Waals surface area contributed by atoms with Crippen molar-refractivity contribution in [1.82, 2.24) is 0 Å². The molecular formula is C12H12O4S. The Bertz CT molecular complexity index is 532. The Kier molecular flexibility index (Phi) is 3.71. The van der Waals surface area contributed by atoms with Gasteiger partial charge in [-0.3, -0.25) is 0 Å². The number of benzene rings is 1. The van der Waals surface area contributed by atoms with Crippen molar-refractivity contribution in [3.63, 3.8) is 0 Å². The summed E-state index contributed by atoms with van der Waals surface area (Å²) in [5, 5.41) is 18.3. The molecule has 0 atom stereocenters. The maximum atomic E-state index is 10.7. The minimum Gasteiger partial charge on any atom is -0.475 e. The Labute approximate surface area is 102 Å². The number of fused-ring (bicyclic) bond motifs is 1. The van der Waals surface area contributed by atoms with Crippen molar-refractivity contribution in [2.75, 3.05) is 12.4 Å². The summed E-state index contributed by atoms with van der Waals surface area (Å²) in [7, 11) is 0. The number of aliphatic hydroxyl groups is 1. The van der Waals surface area contributed by atoms with E-state index >= 15 is 0 Å². The van der Waals surface area contributed by atoms with Crippen molar-refractivity contribution < 1.29 is 19.4 Å². The molecule has 2 rings (SSSR count). The zero-order chi connectivity index (χ0) is 12.3. The first-order valence-corrected chi connectivity index (χ1v) is 6.30. The predicted octanol–water partition coefficient (Wildman–Crippen LogP) is 2.36. The molecule has 4 nitrogen and oxygen atoms in total. The Hall–Kier alpha value is -1.46. The minimum absolute atomic E-state index is 0.0415. The molecule has 0 unspecified atom stereocenters. The van der Waals surface area contributed by atoms with E-state index in [0.717, 1.165) is 16.7 Å². The van der Waals surface area contributed by atoms with Crippen LogP contribution in [0.2, 0.25) is 0 Å². The van der Waals surface area contributed by atoms with Crippen molar-refractivity contribution in [3.05, 3.63) is 35.6 Å². The van der Waals surface area contributed by atoms with Gasteiger partial charge in [0.15, 0.2) is 0 Å². The van der Waals surface area contributed by atoms with E-state index in [1.54, 1.807) is 17.8 Å². The van der Waals surface area contributed by atoms with E-state index < -0.39 is 5.97 Å². The fourth-order valence-corrected chi connectivity index (χ4v) is 2.23. The molecule has 0 aliphatic heterocycles. The number of aliphatic hydroxyl groups excluding tert-OH is 1. The van der Waals surface area contributed by atoms with Gasteiger partial charge in [0.05, 0.1) is 6.61 Å². The molecule has 2 aromatic rings. The normalized spacial score (nSPS) is 10.9. The molecule has 5 heteroatoms. The average Bonchev–Trinajstić information content (AvgIpc) is 2.72. The highest BCUT2D eigenvalue weighted by Crippen LogP contribution is 2.22. The smallest absolute Gasteiger partial charge is 0.371 e. The van der Waals surface area contributed by atoms with Gasteiger partial charge in [0.25, 0.3) is 0 Å². The number of carboxylic acids is 1. The molecule has 0 fully saturated rings. The maximum Gasteiger partial charge on any atom is 0.371 e. The summed E-state index contributed by atoms with van der Waals surface area (Å²) < 4.78 is 5.16. The Balaban J connectivity index is 2.21. The number of aromatic carboxylic acids is 1. The van der Waals surface area contributed by atoms with E-state index in [2.05, 4.69) is 0 Å². The number of carbonyl (C=O) groups is 1. The second-order valence-corrected chi connectivity index (χ2v) is 4.67. The van der Waals surface area contributed by atoms with Crippen LogP contribution in [0.25, 0.3) is 11.0 Å². The molecule has 17 heavy (non-hydrogen) atoms. The van der Waals surface area contributed by atoms with Crippen LogP contribution in [0.4, 0.5) is 0 Å². The van der Waals surface area contributed by atoms with Crippen LogP contribution < -0.4 is 0 Å². The van der Waals surface area contributed by atoms with Gasteiger partial charge in [0.2, 0.25) is 5.76 Å². The fourth-order valence-electron chi connectivity index (χ4n) is 1.54. The lowest BCUT2D eigenvalue weighted by Crippen LogP contribution is -1.91. The van der Waals surface area contributed by atoms with E-state index in [1.807, 2.05) is 12.1 Å². The van der Waals surface area contributed by atoms with E-state index in [-0.39, 0.29) is 12.4 Å². The molecule has 0 aliphatic rings. The highest BCUT2D eigenvalue weighted by molar-refractivity contribution is 7.98. The van der Waals surface area contributed by atoms with Crippen LogP contribution in [-0.2, 0) is 5.75 Å². The lowest BCUT2D eigenvalue weighted by molar-refractivity contribution is 0.0665. The molecule has 90 valence electrons. The SMILES string of the molecule is O=C(O)c1cc2cc(CSCCO)ccc2o1. The third-order valence-corrected chi connectivity index (χ3v) is 3.30. The summed E-state index contributed by atoms with van der Waals surface area (Å²) in [6, 6.07) is 7.12. The van der Waals surface area contributed by atoms with Gasteiger partial charge in [-0.1, -0.05) is 6.07 Å². The van der Waals surface area contributed by atoms with Crippen molar-refractivity contribution >= 4 is 28.7 Å². The van der Waals surface area contributed by atoms with Crippen LogP contribution >= 0.6 is 11.8 Å². The highest BCUT2D eigenvalue weighted by Gasteiger charge is 2.10. The summed E-state index contributed by atoms with van der Waals surface area (Å²) in [6.07, 6.45) is 0. The van der Waals surface area contributed by atoms with Crippen molar-refractivity contribution in [2.45, 2.75) is 5.75 Å². The molecule has 0 saturated carbocycles. The number of hydrogen-bond acceptors (Lipinski definition) is 4. The van der Waals surface area contributed by atoms with E-state index in [9.17, 15) is 4.79 Å². The summed E-state index contributed by atoms with van der Waals surface area (Å²) >= 11 is 1.63. The summed E-state index contributed by atoms with van der Waals surface area (Å²) in [6.45, 7) is 0.168. The Morgan fingerprint density at radius 1 is 1.35 bits per heavy atom. The predicted molar refractivity (Wildman–Crippen MR) is 66.4 cm³/mol. The van der Waals surface area contributed by atoms with Crippen LogP contribution in [-0.4, -0.2) is 28.5 Å². The second-order valence-electron chi connectivity index (χ2n) is 3.56. The average molecular weight is 252 g/mol. The van der Waals surface area contributed by atoms with Crippen LogP contribution in [0.15, 0.2) is 28.7 Å². The number of hydrogen-bond donors (Lipinski definition) is 2. The van der Waals surface area contributed by atoms with Gasteiger partial charge >= 0.3 is 5.97 Å². The van der Waals surface area contributed by atoms with Crippen LogP contribution in [0.3, 0.4) is 0 Å². The lowest BCUT2D eigenvalue weighted by Gasteiger charge is -1.99. The molecule has 1 heterocycles. The largest absolute Gasteiger partial charge is 0.475 e. The lowest BCUT2D eigenvalue weighted by atomic mass is 10.2. The molecule has 0 saturated heterocycles. The Morgan fingerprint density at radius 2 is 2.18 bits per heavy atom. The summed E-state index contributed by atoms with van der Waals surface area (Å²) in [4.78, 5) is 10.7. The molecule has 0 aliphatic carbocycles. The first kappa shape index (κ1) is 12.0. The first-order chi connectivity index (χ1) is 8.20. The van der Waals surface area contributed by atoms with E-state index in [4.69, 9.17) is 14.6 Å². The molecule has 2 N–H and O–H groups in total. The Morgan fingerprint density at radius 3 is 2.88 bits per heavy atom. The van der Waals surface area contributed by atoms with E-state index in [0.29, 0.717) is 11.3 Å². The minimum atomic E-state index is -1.06. The van der Waals surface area contributed by atoms with Crippen LogP contribution in [0.5, 0.6) is 0 Å². The molecule has 1 aromatic carbocycles. The van der Waals surface area contributed by atoms with Gasteiger partial charge in [-0.05, 0) is 23.8 Å². The van der Waals surface area contributed by atoms with Gasteiger partial charge < -0.3 is 14.6 Å². The second kappa shape index (κ2) is 5.25. The first-order valence-electron chi connectivity index (χ1n) is 5.15. The van der Waals surface area contributed by atoms with Crippen molar-refractivity contribution in [2.24, 2.45) is 0 Å². The highest BCUT2D eigenvalue weighted by atomic mass is 32.2. The molecule has 0 bridgehead atoms. The van der Waals surface area contributed by atoms with Crippen LogP contribution in [0.1, 0.15) is 16.1 Å². The van der Waals surface area contributed by atoms with Gasteiger partial charge in [0, 0.05) is 16.9 Å². The quantitative estimate of drug-likeness (QED) is 0.799. The van der Waals surface area contributed by atoms with Gasteiger partial charge in [-0.15, -0.1) is 0 Å². The number of thioether (sulfide) groups is 1. The van der Waals surface area contributed by atoms with Gasteiger partial charge in [-0.25, -0.2) is 4.79 Å². The molecular weight excluding hydrogens is 240 g/mol. The molecule has 0 spiro atoms. The molecule has 0 radical (unpaired) electrons. The standard InChI is InChI=1S/C12H12O4S/c13-3-4-17-7-8-1-2-10-9(5-8)6-11(16-10)12(14)15/h1-2,5-6,13H,3-4,7H2,(H,14,15). The van der Waals surface area contributed by atoms with Crippen molar-refractivity contribution in [3.8, 4) is 0 Å². The zero-order valence-electron chi connectivity index (χ0n) is 9.05. The molecule has 0 amide bonds. The topological polar surface area (TPSA) is 70.7 Å². The number of rotatable bonds is 5. The molecule has 1 aromatic heterocycles. The fraction of sp³-hybridized carbons (Fsp3) is 0.250. The van der Waals surface area contributed by atoms with Gasteiger partial charge in [0.1, 0.15) is 5.58 Å². The van der Waals surface area contributed by atoms with Crippen LogP contribution in [0, 0.1) is 0 Å². The monoisotopic (exact) mass is 252 g/mol.